The highest BCUT2D eigenvalue weighted by Gasteiger charge is 2.48. The summed E-state index contributed by atoms with van der Waals surface area (Å²) in [4.78, 5) is 15.0. The summed E-state index contributed by atoms with van der Waals surface area (Å²) in [5, 5.41) is 3.22. The number of fused-ring (bicyclic) bond motifs is 1. The normalized spacial score (nSPS) is 35.0. The van der Waals surface area contributed by atoms with Crippen LogP contribution in [0.1, 0.15) is 16.9 Å². The molecule has 3 aliphatic rings. The number of hydrogen-bond donors (Lipinski definition) is 1. The van der Waals surface area contributed by atoms with Gasteiger partial charge in [-0.2, -0.15) is 0 Å². The molecule has 4 heterocycles. The van der Waals surface area contributed by atoms with Crippen LogP contribution in [0.15, 0.2) is 18.3 Å². The van der Waals surface area contributed by atoms with E-state index in [-0.39, 0.29) is 11.9 Å². The third-order valence-corrected chi connectivity index (χ3v) is 5.31. The fourth-order valence-corrected chi connectivity index (χ4v) is 4.08. The van der Waals surface area contributed by atoms with Gasteiger partial charge in [0.25, 0.3) is 5.91 Å². The zero-order chi connectivity index (χ0) is 15.1. The second-order valence-electron chi connectivity index (χ2n) is 6.57. The molecule has 0 aromatic carbocycles. The number of ether oxygens (including phenoxy) is 2. The average Bonchev–Trinajstić information content (AvgIpc) is 3.23. The molecule has 1 amide bonds. The molecule has 6 heteroatoms. The molecule has 0 saturated carbocycles. The molecule has 22 heavy (non-hydrogen) atoms. The van der Waals surface area contributed by atoms with Crippen LogP contribution in [0.2, 0.25) is 0 Å². The van der Waals surface area contributed by atoms with Gasteiger partial charge in [-0.3, -0.25) is 9.69 Å². The number of aryl methyl sites for hydroxylation is 1. The van der Waals surface area contributed by atoms with Crippen molar-refractivity contribution in [1.29, 1.82) is 0 Å². The van der Waals surface area contributed by atoms with Gasteiger partial charge in [-0.1, -0.05) is 0 Å². The Bertz CT molecular complexity index is 553. The third kappa shape index (κ3) is 2.35. The van der Waals surface area contributed by atoms with Crippen molar-refractivity contribution in [3.63, 3.8) is 0 Å². The molecule has 1 N–H and O–H groups in total. The molecule has 1 aromatic rings. The largest absolute Gasteiger partial charge is 0.380 e. The molecule has 120 valence electrons. The van der Waals surface area contributed by atoms with Crippen molar-refractivity contribution in [3.8, 4) is 0 Å². The number of likely N-dealkylation sites (tertiary alicyclic amines) is 1. The highest BCUT2D eigenvalue weighted by Crippen LogP contribution is 2.33. The Morgan fingerprint density at radius 3 is 2.95 bits per heavy atom. The number of nitrogens with zero attached hydrogens (tertiary/aromatic N) is 2. The Labute approximate surface area is 130 Å². The molecule has 1 unspecified atom stereocenters. The topological polar surface area (TPSA) is 55.7 Å². The first-order valence-corrected chi connectivity index (χ1v) is 8.07. The average molecular weight is 305 g/mol. The molecule has 3 aliphatic heterocycles. The van der Waals surface area contributed by atoms with Crippen molar-refractivity contribution in [3.05, 3.63) is 24.0 Å². The van der Waals surface area contributed by atoms with Crippen LogP contribution < -0.4 is 5.32 Å². The highest BCUT2D eigenvalue weighted by molar-refractivity contribution is 5.93. The number of amides is 1. The zero-order valence-corrected chi connectivity index (χ0v) is 12.9. The second-order valence-corrected chi connectivity index (χ2v) is 6.57. The van der Waals surface area contributed by atoms with Crippen molar-refractivity contribution >= 4 is 5.91 Å². The molecule has 4 rings (SSSR count). The minimum Gasteiger partial charge on any atom is -0.380 e. The summed E-state index contributed by atoms with van der Waals surface area (Å²) in [6.45, 7) is 4.08. The lowest BCUT2D eigenvalue weighted by Crippen LogP contribution is -2.43. The van der Waals surface area contributed by atoms with Crippen molar-refractivity contribution in [2.75, 3.05) is 33.0 Å². The first-order valence-electron chi connectivity index (χ1n) is 8.07. The summed E-state index contributed by atoms with van der Waals surface area (Å²) in [6, 6.07) is 4.81. The molecule has 0 bridgehead atoms. The maximum absolute atomic E-state index is 12.5. The minimum atomic E-state index is 0.00710. The lowest BCUT2D eigenvalue weighted by atomic mass is 9.99. The first kappa shape index (κ1) is 14.2. The Morgan fingerprint density at radius 2 is 2.23 bits per heavy atom. The van der Waals surface area contributed by atoms with Gasteiger partial charge in [0.1, 0.15) is 5.69 Å². The van der Waals surface area contributed by atoms with Gasteiger partial charge in [0.05, 0.1) is 19.8 Å². The van der Waals surface area contributed by atoms with E-state index >= 15 is 0 Å². The quantitative estimate of drug-likeness (QED) is 0.869. The molecule has 3 saturated heterocycles. The molecule has 4 atom stereocenters. The van der Waals surface area contributed by atoms with Gasteiger partial charge in [0.2, 0.25) is 0 Å². The van der Waals surface area contributed by atoms with E-state index in [1.807, 2.05) is 29.9 Å². The maximum atomic E-state index is 12.5. The number of hydrogen-bond acceptors (Lipinski definition) is 4. The van der Waals surface area contributed by atoms with Crippen LogP contribution in [0.5, 0.6) is 0 Å². The van der Waals surface area contributed by atoms with Crippen LogP contribution in [0.3, 0.4) is 0 Å². The van der Waals surface area contributed by atoms with Crippen LogP contribution in [-0.2, 0) is 16.5 Å². The summed E-state index contributed by atoms with van der Waals surface area (Å²) in [7, 11) is 1.90. The number of nitrogens with one attached hydrogen (secondary N) is 1. The third-order valence-electron chi connectivity index (χ3n) is 5.31. The van der Waals surface area contributed by atoms with Gasteiger partial charge in [0, 0.05) is 50.4 Å². The van der Waals surface area contributed by atoms with E-state index in [4.69, 9.17) is 9.47 Å². The predicted molar refractivity (Wildman–Crippen MR) is 80.7 cm³/mol. The summed E-state index contributed by atoms with van der Waals surface area (Å²) in [6.07, 6.45) is 2.98. The molecule has 3 fully saturated rings. The fraction of sp³-hybridized carbons (Fsp3) is 0.688. The Hall–Kier alpha value is -1.37. The predicted octanol–water partition coefficient (Wildman–Crippen LogP) is 0.243. The van der Waals surface area contributed by atoms with E-state index in [1.54, 1.807) is 0 Å². The van der Waals surface area contributed by atoms with E-state index in [0.717, 1.165) is 39.4 Å². The number of carbonyl (C=O) groups is 1. The molecule has 6 nitrogen and oxygen atoms in total. The van der Waals surface area contributed by atoms with E-state index in [0.29, 0.717) is 23.7 Å². The van der Waals surface area contributed by atoms with E-state index in [9.17, 15) is 4.79 Å². The molecular weight excluding hydrogens is 282 g/mol. The van der Waals surface area contributed by atoms with Gasteiger partial charge >= 0.3 is 0 Å². The van der Waals surface area contributed by atoms with Crippen LogP contribution in [-0.4, -0.2) is 66.5 Å². The van der Waals surface area contributed by atoms with Gasteiger partial charge in [-0.15, -0.1) is 0 Å². The zero-order valence-electron chi connectivity index (χ0n) is 12.9. The number of carbonyl (C=O) groups excluding carboxylic acids is 1. The van der Waals surface area contributed by atoms with E-state index in [1.165, 1.54) is 0 Å². The molecule has 0 spiro atoms. The molecular formula is C16H23N3O3. The Balaban J connectivity index is 1.47. The molecule has 0 radical (unpaired) electrons. The monoisotopic (exact) mass is 305 g/mol. The van der Waals surface area contributed by atoms with Crippen molar-refractivity contribution in [2.45, 2.75) is 24.5 Å². The summed E-state index contributed by atoms with van der Waals surface area (Å²) in [5.74, 6) is 0.400. The van der Waals surface area contributed by atoms with Crippen LogP contribution >= 0.6 is 0 Å². The number of rotatable bonds is 3. The standard InChI is InChI=1S/C16H23N3O3/c1-18-5-2-3-14(18)16(20)17-13-7-19(11-4-6-21-8-11)15-10-22-9-12(13)15/h2-3,5,11-13,15H,4,6-10H2,1H3,(H,17,20)/t11?,12-,13-,15-/m1/s1. The first-order chi connectivity index (χ1) is 10.7. The summed E-state index contributed by atoms with van der Waals surface area (Å²) in [5.41, 5.74) is 0.707. The Morgan fingerprint density at radius 1 is 1.32 bits per heavy atom. The van der Waals surface area contributed by atoms with Gasteiger partial charge in [-0.25, -0.2) is 0 Å². The summed E-state index contributed by atoms with van der Waals surface area (Å²) < 4.78 is 13.1. The van der Waals surface area contributed by atoms with Gasteiger partial charge in [-0.05, 0) is 18.6 Å². The van der Waals surface area contributed by atoms with Crippen molar-refractivity contribution < 1.29 is 14.3 Å². The lowest BCUT2D eigenvalue weighted by Gasteiger charge is -2.27. The number of aromatic nitrogens is 1. The SMILES string of the molecule is Cn1cccc1C(=O)N[C@@H]1CN(C2CCOC2)[C@@H]2COC[C@@H]21. The van der Waals surface area contributed by atoms with Crippen LogP contribution in [0.4, 0.5) is 0 Å². The van der Waals surface area contributed by atoms with Crippen molar-refractivity contribution in [2.24, 2.45) is 13.0 Å². The molecule has 0 aliphatic carbocycles. The second kappa shape index (κ2) is 5.68. The van der Waals surface area contributed by atoms with E-state index in [2.05, 4.69) is 10.2 Å². The smallest absolute Gasteiger partial charge is 0.268 e. The van der Waals surface area contributed by atoms with Crippen molar-refractivity contribution in [1.82, 2.24) is 14.8 Å². The maximum Gasteiger partial charge on any atom is 0.268 e. The van der Waals surface area contributed by atoms with Gasteiger partial charge in [0.15, 0.2) is 0 Å². The van der Waals surface area contributed by atoms with E-state index < -0.39 is 0 Å². The van der Waals surface area contributed by atoms with Gasteiger partial charge < -0.3 is 19.4 Å². The minimum absolute atomic E-state index is 0.00710. The Kier molecular flexibility index (Phi) is 3.68. The van der Waals surface area contributed by atoms with Crippen LogP contribution in [0, 0.1) is 5.92 Å². The fourth-order valence-electron chi connectivity index (χ4n) is 4.08. The lowest BCUT2D eigenvalue weighted by molar-refractivity contribution is 0.0886. The molecule has 1 aromatic heterocycles. The summed E-state index contributed by atoms with van der Waals surface area (Å²) >= 11 is 0. The highest BCUT2D eigenvalue weighted by atomic mass is 16.5. The van der Waals surface area contributed by atoms with Crippen LogP contribution in [0.25, 0.3) is 0 Å².